The second-order valence-electron chi connectivity index (χ2n) is 8.39. The molecule has 1 saturated heterocycles. The van der Waals surface area contributed by atoms with Crippen molar-refractivity contribution in [1.29, 1.82) is 0 Å². The van der Waals surface area contributed by atoms with Gasteiger partial charge >= 0.3 is 6.09 Å². The number of hydrogen-bond donors (Lipinski definition) is 2. The molecule has 0 saturated carbocycles. The normalized spacial score (nSPS) is 17.1. The van der Waals surface area contributed by atoms with Gasteiger partial charge in [-0.1, -0.05) is 18.2 Å². The Labute approximate surface area is 208 Å². The zero-order valence-electron chi connectivity index (χ0n) is 19.3. The molecule has 1 atom stereocenters. The smallest absolute Gasteiger partial charge is 0.414 e. The molecular formula is C26H26N4O4S. The van der Waals surface area contributed by atoms with E-state index in [0.717, 1.165) is 39.5 Å². The third-order valence-electron chi connectivity index (χ3n) is 5.96. The monoisotopic (exact) mass is 490 g/mol. The lowest BCUT2D eigenvalue weighted by Gasteiger charge is -2.20. The third kappa shape index (κ3) is 5.41. The van der Waals surface area contributed by atoms with E-state index < -0.39 is 0 Å². The second kappa shape index (κ2) is 10.4. The molecule has 3 heterocycles. The molecule has 9 heteroatoms. The number of ether oxygens (including phenoxy) is 2. The fraction of sp³-hybridized carbons (Fsp3) is 0.269. The van der Waals surface area contributed by atoms with Crippen molar-refractivity contribution in [2.45, 2.75) is 24.0 Å². The number of aromatic nitrogens is 1. The van der Waals surface area contributed by atoms with Crippen molar-refractivity contribution in [3.8, 4) is 17.0 Å². The summed E-state index contributed by atoms with van der Waals surface area (Å²) in [6.45, 7) is 1.92. The Hall–Kier alpha value is -3.56. The fourth-order valence-electron chi connectivity index (χ4n) is 4.15. The molecule has 1 aromatic heterocycles. The lowest BCUT2D eigenvalue weighted by atomic mass is 10.0. The number of benzene rings is 2. The molecule has 0 aliphatic carbocycles. The molecule has 5 rings (SSSR count). The molecule has 2 aliphatic rings. The van der Waals surface area contributed by atoms with E-state index in [1.165, 1.54) is 11.8 Å². The molecule has 3 aromatic rings. The van der Waals surface area contributed by atoms with E-state index in [0.29, 0.717) is 31.1 Å². The number of amides is 2. The van der Waals surface area contributed by atoms with Gasteiger partial charge in [0, 0.05) is 35.0 Å². The first kappa shape index (κ1) is 23.2. The lowest BCUT2D eigenvalue weighted by Crippen LogP contribution is -2.26. The summed E-state index contributed by atoms with van der Waals surface area (Å²) >= 11 is 1.50. The van der Waals surface area contributed by atoms with Crippen LogP contribution in [0.15, 0.2) is 65.7 Å². The number of fused-ring (bicyclic) bond motifs is 1. The number of carbonyl (C=O) groups excluding carboxylic acids is 2. The molecule has 2 amide bonds. The van der Waals surface area contributed by atoms with E-state index >= 15 is 0 Å². The topological polar surface area (TPSA) is 92.8 Å². The van der Waals surface area contributed by atoms with Crippen molar-refractivity contribution in [2.75, 3.05) is 36.2 Å². The van der Waals surface area contributed by atoms with Crippen LogP contribution in [0.2, 0.25) is 0 Å². The van der Waals surface area contributed by atoms with Gasteiger partial charge < -0.3 is 20.1 Å². The number of anilines is 2. The van der Waals surface area contributed by atoms with E-state index in [4.69, 9.17) is 9.47 Å². The molecule has 35 heavy (non-hydrogen) atoms. The van der Waals surface area contributed by atoms with Crippen molar-refractivity contribution in [2.24, 2.45) is 0 Å². The van der Waals surface area contributed by atoms with E-state index in [-0.39, 0.29) is 18.1 Å². The Morgan fingerprint density at radius 1 is 1.17 bits per heavy atom. The second-order valence-corrected chi connectivity index (χ2v) is 9.41. The number of cyclic esters (lactones) is 1. The summed E-state index contributed by atoms with van der Waals surface area (Å²) in [5.41, 5.74) is 4.77. The summed E-state index contributed by atoms with van der Waals surface area (Å²) in [7, 11) is 1.60. The average Bonchev–Trinajstić information content (AvgIpc) is 3.26. The minimum absolute atomic E-state index is 0.0289. The highest BCUT2D eigenvalue weighted by Crippen LogP contribution is 2.35. The molecule has 2 aliphatic heterocycles. The number of nitrogens with one attached hydrogen (secondary N) is 2. The van der Waals surface area contributed by atoms with Gasteiger partial charge in [0.15, 0.2) is 0 Å². The number of pyridine rings is 1. The summed E-state index contributed by atoms with van der Waals surface area (Å²) in [4.78, 5) is 31.1. The molecule has 1 fully saturated rings. The van der Waals surface area contributed by atoms with Crippen molar-refractivity contribution in [3.63, 3.8) is 0 Å². The summed E-state index contributed by atoms with van der Waals surface area (Å²) in [5, 5.41) is 6.31. The summed E-state index contributed by atoms with van der Waals surface area (Å²) in [5.74, 6) is 0.977. The highest BCUT2D eigenvalue weighted by Gasteiger charge is 2.32. The number of nitrogens with zero attached hydrogens (tertiary/aromatic N) is 2. The molecule has 0 unspecified atom stereocenters. The Morgan fingerprint density at radius 2 is 2.09 bits per heavy atom. The molecular weight excluding hydrogens is 464 g/mol. The highest BCUT2D eigenvalue weighted by molar-refractivity contribution is 8.00. The molecule has 2 aromatic carbocycles. The fourth-order valence-corrected chi connectivity index (χ4v) is 4.94. The van der Waals surface area contributed by atoms with Crippen LogP contribution in [0.25, 0.3) is 11.1 Å². The van der Waals surface area contributed by atoms with Crippen molar-refractivity contribution in [1.82, 2.24) is 10.3 Å². The maximum Gasteiger partial charge on any atom is 0.414 e. The standard InChI is InChI=1S/C26H26N4O4S/c1-33-25-8-5-19(14-28-25)18-4-2-3-17(11-18)13-27-10-9-21-15-30(26(32)34-21)20-6-7-23-22(12-20)29-24(31)16-35-23/h2-8,11-12,14,21,27H,9-10,13,15-16H2,1H3,(H,29,31)/t21-/m1/s1. The number of hydrogen-bond acceptors (Lipinski definition) is 7. The van der Waals surface area contributed by atoms with Crippen LogP contribution in [-0.2, 0) is 16.1 Å². The zero-order valence-corrected chi connectivity index (χ0v) is 20.1. The molecule has 2 N–H and O–H groups in total. The number of methoxy groups -OCH3 is 1. The van der Waals surface area contributed by atoms with Crippen LogP contribution in [0, 0.1) is 0 Å². The predicted octanol–water partition coefficient (Wildman–Crippen LogP) is 4.31. The van der Waals surface area contributed by atoms with Crippen LogP contribution < -0.4 is 20.3 Å². The maximum atomic E-state index is 12.5. The Kier molecular flexibility index (Phi) is 6.87. The summed E-state index contributed by atoms with van der Waals surface area (Å²) in [6, 6.07) is 17.8. The Morgan fingerprint density at radius 3 is 2.91 bits per heavy atom. The van der Waals surface area contributed by atoms with E-state index in [9.17, 15) is 9.59 Å². The quantitative estimate of drug-likeness (QED) is 0.455. The van der Waals surface area contributed by atoms with Crippen LogP contribution in [0.1, 0.15) is 12.0 Å². The van der Waals surface area contributed by atoms with Gasteiger partial charge in [-0.2, -0.15) is 0 Å². The largest absolute Gasteiger partial charge is 0.481 e. The van der Waals surface area contributed by atoms with Crippen LogP contribution in [0.5, 0.6) is 5.88 Å². The van der Waals surface area contributed by atoms with Gasteiger partial charge in [-0.3, -0.25) is 9.69 Å². The van der Waals surface area contributed by atoms with Crippen molar-refractivity contribution in [3.05, 3.63) is 66.4 Å². The van der Waals surface area contributed by atoms with Crippen molar-refractivity contribution >= 4 is 35.1 Å². The first-order valence-electron chi connectivity index (χ1n) is 11.4. The molecule has 180 valence electrons. The van der Waals surface area contributed by atoms with Crippen LogP contribution in [0.4, 0.5) is 16.2 Å². The average molecular weight is 491 g/mol. The highest BCUT2D eigenvalue weighted by atomic mass is 32.2. The molecule has 8 nitrogen and oxygen atoms in total. The zero-order chi connectivity index (χ0) is 24.2. The summed E-state index contributed by atoms with van der Waals surface area (Å²) in [6.07, 6.45) is 1.97. The number of thioether (sulfide) groups is 1. The van der Waals surface area contributed by atoms with Crippen LogP contribution >= 0.6 is 11.8 Å². The van der Waals surface area contributed by atoms with Gasteiger partial charge in [-0.25, -0.2) is 9.78 Å². The van der Waals surface area contributed by atoms with E-state index in [1.807, 2.05) is 36.4 Å². The minimum atomic E-state index is -0.356. The number of rotatable bonds is 8. The van der Waals surface area contributed by atoms with Gasteiger partial charge in [0.25, 0.3) is 0 Å². The Bertz CT molecular complexity index is 1230. The molecule has 0 bridgehead atoms. The lowest BCUT2D eigenvalue weighted by molar-refractivity contribution is -0.113. The minimum Gasteiger partial charge on any atom is -0.481 e. The maximum absolute atomic E-state index is 12.5. The SMILES string of the molecule is COc1ccc(-c2cccc(CNCC[C@@H]3CN(c4ccc5c(c4)NC(=O)CS5)C(=O)O3)c2)cn1. The Balaban J connectivity index is 1.12. The third-order valence-corrected chi connectivity index (χ3v) is 7.03. The van der Waals surface area contributed by atoms with Gasteiger partial charge in [-0.05, 0) is 54.4 Å². The molecule has 0 spiro atoms. The van der Waals surface area contributed by atoms with Crippen molar-refractivity contribution < 1.29 is 19.1 Å². The number of carbonyl (C=O) groups is 2. The summed E-state index contributed by atoms with van der Waals surface area (Å²) < 4.78 is 10.7. The van der Waals surface area contributed by atoms with Crippen LogP contribution in [-0.4, -0.2) is 49.0 Å². The van der Waals surface area contributed by atoms with E-state index in [1.54, 1.807) is 18.2 Å². The van der Waals surface area contributed by atoms with Gasteiger partial charge in [-0.15, -0.1) is 11.8 Å². The molecule has 0 radical (unpaired) electrons. The van der Waals surface area contributed by atoms with Crippen LogP contribution in [0.3, 0.4) is 0 Å². The van der Waals surface area contributed by atoms with Gasteiger partial charge in [0.1, 0.15) is 6.10 Å². The van der Waals surface area contributed by atoms with Gasteiger partial charge in [0.2, 0.25) is 11.8 Å². The predicted molar refractivity (Wildman–Crippen MR) is 136 cm³/mol. The van der Waals surface area contributed by atoms with Gasteiger partial charge in [0.05, 0.1) is 25.1 Å². The first-order chi connectivity index (χ1) is 17.1. The first-order valence-corrected chi connectivity index (χ1v) is 12.4. The van der Waals surface area contributed by atoms with E-state index in [2.05, 4.69) is 33.8 Å².